The molecule has 0 spiro atoms. The average molecular weight is 470 g/mol. The number of carbonyl (C=O) groups is 2. The predicted molar refractivity (Wildman–Crippen MR) is 126 cm³/mol. The van der Waals surface area contributed by atoms with Gasteiger partial charge in [-0.1, -0.05) is 6.92 Å². The van der Waals surface area contributed by atoms with Gasteiger partial charge >= 0.3 is 6.01 Å². The van der Waals surface area contributed by atoms with Gasteiger partial charge in [0, 0.05) is 52.6 Å². The monoisotopic (exact) mass is 469 g/mol. The molecule has 0 unspecified atom stereocenters. The molecule has 1 aliphatic rings. The second kappa shape index (κ2) is 16.1. The molecule has 1 aromatic heterocycles. The molecule has 0 bridgehead atoms. The van der Waals surface area contributed by atoms with Crippen molar-refractivity contribution in [1.29, 1.82) is 0 Å². The highest BCUT2D eigenvalue weighted by Gasteiger charge is 2.20. The Morgan fingerprint density at radius 3 is 2.27 bits per heavy atom. The van der Waals surface area contributed by atoms with Gasteiger partial charge in [-0.3, -0.25) is 9.59 Å². The zero-order chi connectivity index (χ0) is 24.6. The van der Waals surface area contributed by atoms with Gasteiger partial charge in [-0.25, -0.2) is 0 Å². The molecule has 2 heterocycles. The van der Waals surface area contributed by atoms with Crippen molar-refractivity contribution in [2.75, 3.05) is 89.5 Å². The minimum Gasteiger partial charge on any atom is -0.461 e. The molecule has 188 valence electrons. The number of amides is 1. The molecule has 1 saturated heterocycles. The van der Waals surface area contributed by atoms with E-state index in [9.17, 15) is 9.59 Å². The maximum absolute atomic E-state index is 11.2. The van der Waals surface area contributed by atoms with Gasteiger partial charge in [0.2, 0.25) is 17.8 Å². The third kappa shape index (κ3) is 11.7. The molecule has 0 saturated carbocycles. The van der Waals surface area contributed by atoms with Gasteiger partial charge < -0.3 is 41.4 Å². The number of ketones is 1. The van der Waals surface area contributed by atoms with Crippen molar-refractivity contribution in [2.24, 2.45) is 17.2 Å². The molecule has 0 atom stereocenters. The number of hydrogen-bond acceptors (Lipinski definition) is 12. The van der Waals surface area contributed by atoms with Crippen molar-refractivity contribution in [3.8, 4) is 6.01 Å². The van der Waals surface area contributed by atoms with Gasteiger partial charge in [-0.15, -0.1) is 0 Å². The first-order valence-corrected chi connectivity index (χ1v) is 11.1. The van der Waals surface area contributed by atoms with Crippen LogP contribution in [0.15, 0.2) is 0 Å². The van der Waals surface area contributed by atoms with Crippen LogP contribution in [0.4, 0.5) is 11.9 Å². The number of likely N-dealkylation sites (N-methyl/N-ethyl adjacent to an activating group) is 2. The quantitative estimate of drug-likeness (QED) is 0.277. The number of nitrogens with zero attached hydrogens (tertiary/aromatic N) is 6. The summed E-state index contributed by atoms with van der Waals surface area (Å²) in [5, 5.41) is 0. The summed E-state index contributed by atoms with van der Waals surface area (Å²) >= 11 is 0. The molecule has 2 rings (SSSR count). The van der Waals surface area contributed by atoms with E-state index in [4.69, 9.17) is 26.7 Å². The first kappa shape index (κ1) is 28.4. The molecule has 0 aromatic carbocycles. The van der Waals surface area contributed by atoms with Crippen molar-refractivity contribution in [3.05, 3.63) is 0 Å². The molecule has 0 aliphatic carbocycles. The Hall–Kier alpha value is -2.61. The van der Waals surface area contributed by atoms with Gasteiger partial charge in [0.25, 0.3) is 0 Å². The number of ether oxygens (including phenoxy) is 2. The molecule has 0 radical (unpaired) electrons. The highest BCUT2D eigenvalue weighted by atomic mass is 16.5. The van der Waals surface area contributed by atoms with Crippen molar-refractivity contribution in [1.82, 2.24) is 19.9 Å². The SMILES string of the molecule is CCC(=O)CCN.CN1CCN(c2nc(OCCOCCN)nc(N(C)CC(N)=O)n2)CC1. The molecule has 6 N–H and O–H groups in total. The predicted octanol–water partition coefficient (Wildman–Crippen LogP) is -1.79. The van der Waals surface area contributed by atoms with Crippen molar-refractivity contribution in [3.63, 3.8) is 0 Å². The van der Waals surface area contributed by atoms with E-state index in [1.165, 1.54) is 0 Å². The summed E-state index contributed by atoms with van der Waals surface area (Å²) in [5.41, 5.74) is 15.7. The number of anilines is 2. The Labute approximate surface area is 195 Å². The number of Topliss-reactive ketones (excluding diaryl/α,β-unsaturated/α-hetero) is 1. The summed E-state index contributed by atoms with van der Waals surface area (Å²) in [6, 6.07) is 0.191. The minimum absolute atomic E-state index is 0.00520. The molecule has 13 nitrogen and oxygen atoms in total. The highest BCUT2D eigenvalue weighted by molar-refractivity contribution is 5.78. The molecule has 1 amide bonds. The largest absolute Gasteiger partial charge is 0.461 e. The molecular formula is C20H39N9O4. The summed E-state index contributed by atoms with van der Waals surface area (Å²) < 4.78 is 10.9. The fourth-order valence-electron chi connectivity index (χ4n) is 2.74. The van der Waals surface area contributed by atoms with Gasteiger partial charge in [0.05, 0.1) is 19.8 Å². The van der Waals surface area contributed by atoms with Gasteiger partial charge in [0.1, 0.15) is 12.4 Å². The van der Waals surface area contributed by atoms with Crippen LogP contribution in [0.3, 0.4) is 0 Å². The summed E-state index contributed by atoms with van der Waals surface area (Å²) in [5.74, 6) is 0.650. The van der Waals surface area contributed by atoms with Crippen molar-refractivity contribution < 1.29 is 19.1 Å². The van der Waals surface area contributed by atoms with Gasteiger partial charge in [-0.05, 0) is 13.6 Å². The average Bonchev–Trinajstić information content (AvgIpc) is 2.79. The zero-order valence-electron chi connectivity index (χ0n) is 20.0. The molecule has 1 fully saturated rings. The Balaban J connectivity index is 0.000000675. The molecule has 33 heavy (non-hydrogen) atoms. The molecule has 1 aliphatic heterocycles. The third-order valence-electron chi connectivity index (χ3n) is 4.65. The first-order chi connectivity index (χ1) is 15.8. The maximum atomic E-state index is 11.2. The van der Waals surface area contributed by atoms with Crippen molar-refractivity contribution >= 4 is 23.6 Å². The normalized spacial score (nSPS) is 13.8. The number of primary amides is 1. The van der Waals surface area contributed by atoms with E-state index < -0.39 is 5.91 Å². The Bertz CT molecular complexity index is 715. The number of rotatable bonds is 13. The Morgan fingerprint density at radius 2 is 1.73 bits per heavy atom. The van der Waals surface area contributed by atoms with E-state index in [-0.39, 0.29) is 18.3 Å². The number of nitrogens with two attached hydrogens (primary N) is 3. The number of carbonyl (C=O) groups excluding carboxylic acids is 2. The summed E-state index contributed by atoms with van der Waals surface area (Å²) in [4.78, 5) is 40.6. The lowest BCUT2D eigenvalue weighted by atomic mass is 10.2. The van der Waals surface area contributed by atoms with E-state index in [1.807, 2.05) is 6.92 Å². The van der Waals surface area contributed by atoms with Crippen LogP contribution in [0.5, 0.6) is 6.01 Å². The lowest BCUT2D eigenvalue weighted by molar-refractivity contribution is -0.118. The van der Waals surface area contributed by atoms with Gasteiger partial charge in [-0.2, -0.15) is 15.0 Å². The molecule has 13 heteroatoms. The number of piperazine rings is 1. The Morgan fingerprint density at radius 1 is 1.03 bits per heavy atom. The van der Waals surface area contributed by atoms with Crippen LogP contribution < -0.4 is 31.7 Å². The van der Waals surface area contributed by atoms with Crippen molar-refractivity contribution in [2.45, 2.75) is 19.8 Å². The van der Waals surface area contributed by atoms with Gasteiger partial charge in [0.15, 0.2) is 0 Å². The summed E-state index contributed by atoms with van der Waals surface area (Å²) in [6.07, 6.45) is 1.16. The smallest absolute Gasteiger partial charge is 0.323 e. The minimum atomic E-state index is -0.466. The van der Waals surface area contributed by atoms with Crippen LogP contribution in [-0.2, 0) is 14.3 Å². The summed E-state index contributed by atoms with van der Waals surface area (Å²) in [6.45, 7) is 7.40. The second-order valence-corrected chi connectivity index (χ2v) is 7.51. The van der Waals surface area contributed by atoms with E-state index in [0.29, 0.717) is 57.6 Å². The third-order valence-corrected chi connectivity index (χ3v) is 4.65. The van der Waals surface area contributed by atoms with E-state index in [1.54, 1.807) is 11.9 Å². The first-order valence-electron chi connectivity index (χ1n) is 11.1. The fraction of sp³-hybridized carbons (Fsp3) is 0.750. The molecular weight excluding hydrogens is 430 g/mol. The lowest BCUT2D eigenvalue weighted by Crippen LogP contribution is -2.45. The number of aromatic nitrogens is 3. The topological polar surface area (TPSA) is 179 Å². The van der Waals surface area contributed by atoms with E-state index in [2.05, 4.69) is 31.8 Å². The zero-order valence-corrected chi connectivity index (χ0v) is 20.0. The summed E-state index contributed by atoms with van der Waals surface area (Å²) in [7, 11) is 3.77. The van der Waals surface area contributed by atoms with Crippen LogP contribution in [-0.4, -0.2) is 111 Å². The Kier molecular flexibility index (Phi) is 13.8. The van der Waals surface area contributed by atoms with E-state index in [0.717, 1.165) is 26.2 Å². The van der Waals surface area contributed by atoms with Crippen LogP contribution in [0.2, 0.25) is 0 Å². The second-order valence-electron chi connectivity index (χ2n) is 7.51. The van der Waals surface area contributed by atoms with Crippen LogP contribution in [0.25, 0.3) is 0 Å². The van der Waals surface area contributed by atoms with Crippen LogP contribution in [0, 0.1) is 0 Å². The lowest BCUT2D eigenvalue weighted by Gasteiger charge is -2.32. The highest BCUT2D eigenvalue weighted by Crippen LogP contribution is 2.18. The number of hydrogen-bond donors (Lipinski definition) is 3. The molecule has 1 aromatic rings. The standard InChI is InChI=1S/C15H28N8O3.C5H11NO/c1-21-4-6-23(7-5-21)14-18-13(22(2)11-12(17)24)19-15(20-14)26-10-9-25-8-3-16;1-2-5(7)3-4-6/h3-11,16H2,1-2H3,(H2,17,24);2-4,6H2,1H3. The van der Waals surface area contributed by atoms with Crippen LogP contribution >= 0.6 is 0 Å². The maximum Gasteiger partial charge on any atom is 0.323 e. The fourth-order valence-corrected chi connectivity index (χ4v) is 2.74. The van der Waals surface area contributed by atoms with E-state index >= 15 is 0 Å². The van der Waals surface area contributed by atoms with Crippen LogP contribution in [0.1, 0.15) is 19.8 Å².